The third kappa shape index (κ3) is 7.62. The Morgan fingerprint density at radius 1 is 1.16 bits per heavy atom. The summed E-state index contributed by atoms with van der Waals surface area (Å²) >= 11 is 6.08. The van der Waals surface area contributed by atoms with Crippen molar-refractivity contribution in [3.8, 4) is 5.75 Å². The zero-order valence-electron chi connectivity index (χ0n) is 21.1. The summed E-state index contributed by atoms with van der Waals surface area (Å²) in [5, 5.41) is 11.8. The highest BCUT2D eigenvalue weighted by molar-refractivity contribution is 6.30. The van der Waals surface area contributed by atoms with Gasteiger partial charge in [0.05, 0.1) is 13.0 Å². The Morgan fingerprint density at radius 2 is 1.86 bits per heavy atom. The van der Waals surface area contributed by atoms with E-state index in [1.807, 2.05) is 13.8 Å². The van der Waals surface area contributed by atoms with E-state index in [2.05, 4.69) is 4.90 Å². The molecule has 9 nitrogen and oxygen atoms in total. The van der Waals surface area contributed by atoms with E-state index in [-0.39, 0.29) is 49.2 Å². The second-order valence-corrected chi connectivity index (χ2v) is 9.53. The molecule has 0 radical (unpaired) electrons. The lowest BCUT2D eigenvalue weighted by atomic mass is 10.1. The predicted molar refractivity (Wildman–Crippen MR) is 136 cm³/mol. The first-order valence-corrected chi connectivity index (χ1v) is 12.5. The molecule has 1 fully saturated rings. The number of carbonyl (C=O) groups excluding carboxylic acids is 2. The summed E-state index contributed by atoms with van der Waals surface area (Å²) in [7, 11) is 0. The SMILES string of the molecule is CCOC(=O)C(Cc1cc(Cl)ccc1OCC(=O)N1C[C@H](C)N(Cc2ccc(F)cc2)C[C@H]1C)[N+](=O)[O-]. The first kappa shape index (κ1) is 28.3. The molecule has 1 unspecified atom stereocenters. The van der Waals surface area contributed by atoms with Gasteiger partial charge in [-0.25, -0.2) is 9.18 Å². The van der Waals surface area contributed by atoms with Crippen molar-refractivity contribution in [3.63, 3.8) is 0 Å². The van der Waals surface area contributed by atoms with Gasteiger partial charge >= 0.3 is 12.0 Å². The fraction of sp³-hybridized carbons (Fsp3) is 0.462. The molecule has 1 saturated heterocycles. The van der Waals surface area contributed by atoms with Gasteiger partial charge in [-0.15, -0.1) is 0 Å². The van der Waals surface area contributed by atoms with Crippen LogP contribution in [-0.4, -0.2) is 71.0 Å². The molecule has 1 heterocycles. The molecule has 0 spiro atoms. The summed E-state index contributed by atoms with van der Waals surface area (Å²) in [6.07, 6.45) is -0.286. The number of nitro groups is 1. The molecule has 37 heavy (non-hydrogen) atoms. The maximum atomic E-state index is 13.2. The second kappa shape index (κ2) is 12.8. The largest absolute Gasteiger partial charge is 0.483 e. The van der Waals surface area contributed by atoms with Crippen LogP contribution in [0.3, 0.4) is 0 Å². The minimum Gasteiger partial charge on any atom is -0.483 e. The monoisotopic (exact) mass is 535 g/mol. The van der Waals surface area contributed by atoms with Gasteiger partial charge in [-0.2, -0.15) is 0 Å². The second-order valence-electron chi connectivity index (χ2n) is 9.10. The maximum absolute atomic E-state index is 13.2. The van der Waals surface area contributed by atoms with Crippen LogP contribution < -0.4 is 4.74 Å². The summed E-state index contributed by atoms with van der Waals surface area (Å²) in [4.78, 5) is 39.9. The molecular formula is C26H31ClFN3O6. The van der Waals surface area contributed by atoms with Crippen molar-refractivity contribution in [1.29, 1.82) is 0 Å². The van der Waals surface area contributed by atoms with Gasteiger partial charge in [0.25, 0.3) is 5.91 Å². The summed E-state index contributed by atoms with van der Waals surface area (Å²) in [5.74, 6) is -1.21. The van der Waals surface area contributed by atoms with E-state index in [4.69, 9.17) is 21.1 Å². The fourth-order valence-electron chi connectivity index (χ4n) is 4.35. The first-order chi connectivity index (χ1) is 17.6. The third-order valence-corrected chi connectivity index (χ3v) is 6.57. The van der Waals surface area contributed by atoms with Crippen molar-refractivity contribution in [1.82, 2.24) is 9.80 Å². The molecule has 0 aromatic heterocycles. The maximum Gasteiger partial charge on any atom is 0.382 e. The molecule has 0 aliphatic carbocycles. The number of nitrogens with zero attached hydrogens (tertiary/aromatic N) is 3. The van der Waals surface area contributed by atoms with Crippen LogP contribution in [0.2, 0.25) is 5.02 Å². The summed E-state index contributed by atoms with van der Waals surface area (Å²) in [6, 6.07) is 9.32. The van der Waals surface area contributed by atoms with Gasteiger partial charge < -0.3 is 14.4 Å². The van der Waals surface area contributed by atoms with Crippen LogP contribution in [0.15, 0.2) is 42.5 Å². The lowest BCUT2D eigenvalue weighted by molar-refractivity contribution is -0.510. The number of piperazine rings is 1. The molecule has 1 amide bonds. The quantitative estimate of drug-likeness (QED) is 0.259. The number of halogens is 2. The Labute approximate surface area is 220 Å². The number of benzene rings is 2. The Kier molecular flexibility index (Phi) is 9.82. The number of amides is 1. The number of carbonyl (C=O) groups is 2. The molecule has 11 heteroatoms. The van der Waals surface area contributed by atoms with Crippen molar-refractivity contribution in [2.75, 3.05) is 26.3 Å². The van der Waals surface area contributed by atoms with Gasteiger partial charge in [-0.05, 0) is 56.7 Å². The van der Waals surface area contributed by atoms with Gasteiger partial charge in [-0.3, -0.25) is 19.8 Å². The molecule has 0 saturated carbocycles. The normalized spacial score (nSPS) is 18.8. The van der Waals surface area contributed by atoms with Crippen LogP contribution in [0.5, 0.6) is 5.75 Å². The van der Waals surface area contributed by atoms with E-state index in [1.165, 1.54) is 24.3 Å². The van der Waals surface area contributed by atoms with Crippen molar-refractivity contribution in [2.45, 2.75) is 51.9 Å². The number of esters is 1. The van der Waals surface area contributed by atoms with Crippen molar-refractivity contribution >= 4 is 23.5 Å². The Balaban J connectivity index is 1.64. The minimum atomic E-state index is -1.62. The molecule has 200 valence electrons. The van der Waals surface area contributed by atoms with Gasteiger partial charge in [0.15, 0.2) is 6.61 Å². The standard InChI is InChI=1S/C26H31ClFN3O6/c1-4-36-26(33)23(31(34)35)12-20-11-21(27)7-10-24(20)37-16-25(32)30-14-17(2)29(13-18(30)3)15-19-5-8-22(28)9-6-19/h5-11,17-18,23H,4,12-16H2,1-3H3/t17-,18+,23?/m0/s1. The van der Waals surface area contributed by atoms with E-state index in [9.17, 15) is 24.1 Å². The highest BCUT2D eigenvalue weighted by Crippen LogP contribution is 2.26. The third-order valence-electron chi connectivity index (χ3n) is 6.33. The van der Waals surface area contributed by atoms with Gasteiger partial charge in [0, 0.05) is 47.2 Å². The van der Waals surface area contributed by atoms with E-state index < -0.39 is 16.9 Å². The van der Waals surface area contributed by atoms with Crippen LogP contribution in [0.4, 0.5) is 4.39 Å². The van der Waals surface area contributed by atoms with Crippen LogP contribution in [-0.2, 0) is 27.3 Å². The van der Waals surface area contributed by atoms with Gasteiger partial charge in [-0.1, -0.05) is 23.7 Å². The van der Waals surface area contributed by atoms with Crippen molar-refractivity contribution in [3.05, 3.63) is 74.5 Å². The molecule has 0 N–H and O–H groups in total. The Hall–Kier alpha value is -3.24. The van der Waals surface area contributed by atoms with E-state index in [0.29, 0.717) is 30.2 Å². The number of hydrogen-bond donors (Lipinski definition) is 0. The Bertz CT molecular complexity index is 1120. The van der Waals surface area contributed by atoms with Crippen LogP contribution in [0, 0.1) is 15.9 Å². The molecule has 0 bridgehead atoms. The number of rotatable bonds is 10. The number of ether oxygens (including phenoxy) is 2. The zero-order valence-corrected chi connectivity index (χ0v) is 21.8. The van der Waals surface area contributed by atoms with Gasteiger partial charge in [0.1, 0.15) is 11.6 Å². The molecular weight excluding hydrogens is 505 g/mol. The van der Waals surface area contributed by atoms with E-state index in [1.54, 1.807) is 30.0 Å². The van der Waals surface area contributed by atoms with Crippen molar-refractivity contribution in [2.24, 2.45) is 0 Å². The minimum absolute atomic E-state index is 0.0182. The molecule has 3 rings (SSSR count). The lowest BCUT2D eigenvalue weighted by Gasteiger charge is -2.44. The smallest absolute Gasteiger partial charge is 0.382 e. The highest BCUT2D eigenvalue weighted by Gasteiger charge is 2.34. The summed E-state index contributed by atoms with van der Waals surface area (Å²) in [6.45, 7) is 7.08. The van der Waals surface area contributed by atoms with Crippen LogP contribution in [0.1, 0.15) is 31.9 Å². The predicted octanol–water partition coefficient (Wildman–Crippen LogP) is 3.73. The Morgan fingerprint density at radius 3 is 2.51 bits per heavy atom. The topological polar surface area (TPSA) is 102 Å². The highest BCUT2D eigenvalue weighted by atomic mass is 35.5. The average molecular weight is 536 g/mol. The molecule has 2 aromatic rings. The zero-order chi connectivity index (χ0) is 27.1. The van der Waals surface area contributed by atoms with Crippen molar-refractivity contribution < 1.29 is 28.4 Å². The molecule has 2 aromatic carbocycles. The lowest BCUT2D eigenvalue weighted by Crippen LogP contribution is -2.58. The van der Waals surface area contributed by atoms with Crippen LogP contribution >= 0.6 is 11.6 Å². The fourth-order valence-corrected chi connectivity index (χ4v) is 4.55. The molecule has 3 atom stereocenters. The van der Waals surface area contributed by atoms with Gasteiger partial charge in [0.2, 0.25) is 0 Å². The van der Waals surface area contributed by atoms with Crippen LogP contribution in [0.25, 0.3) is 0 Å². The van der Waals surface area contributed by atoms with E-state index >= 15 is 0 Å². The number of hydrogen-bond acceptors (Lipinski definition) is 7. The summed E-state index contributed by atoms with van der Waals surface area (Å²) in [5.41, 5.74) is 1.33. The molecule has 1 aliphatic rings. The van der Waals surface area contributed by atoms with E-state index in [0.717, 1.165) is 5.56 Å². The molecule has 1 aliphatic heterocycles. The first-order valence-electron chi connectivity index (χ1n) is 12.1. The summed E-state index contributed by atoms with van der Waals surface area (Å²) < 4.78 is 23.8. The average Bonchev–Trinajstić information content (AvgIpc) is 2.85.